The molecule has 1 aliphatic carbocycles. The summed E-state index contributed by atoms with van der Waals surface area (Å²) in [5.74, 6) is 0.656. The average molecular weight is 271 g/mol. The Labute approximate surface area is 118 Å². The lowest BCUT2D eigenvalue weighted by molar-refractivity contribution is 0.301. The third-order valence-electron chi connectivity index (χ3n) is 3.81. The summed E-state index contributed by atoms with van der Waals surface area (Å²) in [6.07, 6.45) is 4.40. The summed E-state index contributed by atoms with van der Waals surface area (Å²) in [5, 5.41) is 0. The summed E-state index contributed by atoms with van der Waals surface area (Å²) < 4.78 is 19.0. The Morgan fingerprint density at radius 1 is 1.05 bits per heavy atom. The van der Waals surface area contributed by atoms with E-state index in [0.29, 0.717) is 6.61 Å². The number of hydrogen-bond acceptors (Lipinski definition) is 2. The Hall–Kier alpha value is -2.03. The van der Waals surface area contributed by atoms with Gasteiger partial charge in [0.25, 0.3) is 0 Å². The number of nitrogen functional groups attached to an aromatic ring is 1. The Morgan fingerprint density at radius 2 is 1.85 bits per heavy atom. The third kappa shape index (κ3) is 2.62. The molecule has 0 heterocycles. The van der Waals surface area contributed by atoms with Gasteiger partial charge in [0.1, 0.15) is 18.2 Å². The molecule has 104 valence electrons. The van der Waals surface area contributed by atoms with Gasteiger partial charge < -0.3 is 10.5 Å². The number of hydrogen-bond donors (Lipinski definition) is 1. The van der Waals surface area contributed by atoms with Gasteiger partial charge in [0.15, 0.2) is 0 Å². The first-order valence-corrected chi connectivity index (χ1v) is 7.01. The molecule has 0 fully saturated rings. The van der Waals surface area contributed by atoms with Crippen molar-refractivity contribution in [3.63, 3.8) is 0 Å². The first-order chi connectivity index (χ1) is 9.74. The molecule has 2 aromatic carbocycles. The molecule has 0 amide bonds. The van der Waals surface area contributed by atoms with E-state index in [1.54, 1.807) is 6.07 Å². The van der Waals surface area contributed by atoms with E-state index in [-0.39, 0.29) is 5.82 Å². The third-order valence-corrected chi connectivity index (χ3v) is 3.81. The molecule has 2 N–H and O–H groups in total. The Kier molecular flexibility index (Phi) is 3.59. The zero-order valence-electron chi connectivity index (χ0n) is 11.4. The normalized spacial score (nSPS) is 13.8. The predicted molar refractivity (Wildman–Crippen MR) is 78.2 cm³/mol. The van der Waals surface area contributed by atoms with Crippen LogP contribution in [0.15, 0.2) is 36.4 Å². The van der Waals surface area contributed by atoms with Gasteiger partial charge in [0.05, 0.1) is 0 Å². The van der Waals surface area contributed by atoms with E-state index in [4.69, 9.17) is 10.5 Å². The van der Waals surface area contributed by atoms with Crippen LogP contribution < -0.4 is 10.5 Å². The van der Waals surface area contributed by atoms with E-state index in [1.807, 2.05) is 18.2 Å². The highest BCUT2D eigenvalue weighted by molar-refractivity contribution is 5.57. The van der Waals surface area contributed by atoms with Crippen LogP contribution in [0.2, 0.25) is 0 Å². The van der Waals surface area contributed by atoms with Crippen molar-refractivity contribution in [3.8, 4) is 5.75 Å². The molecule has 3 heteroatoms. The highest BCUT2D eigenvalue weighted by Crippen LogP contribution is 2.33. The molecule has 0 saturated heterocycles. The summed E-state index contributed by atoms with van der Waals surface area (Å²) in [6.45, 7) is 0.383. The molecule has 0 atom stereocenters. The van der Waals surface area contributed by atoms with Crippen LogP contribution in [0, 0.1) is 5.82 Å². The van der Waals surface area contributed by atoms with E-state index in [0.717, 1.165) is 29.8 Å². The molecule has 0 aromatic heterocycles. The summed E-state index contributed by atoms with van der Waals surface area (Å²) in [5.41, 5.74) is 10.2. The zero-order valence-corrected chi connectivity index (χ0v) is 11.4. The van der Waals surface area contributed by atoms with Crippen LogP contribution in [0.4, 0.5) is 10.1 Å². The summed E-state index contributed by atoms with van der Waals surface area (Å²) >= 11 is 0. The fourth-order valence-corrected chi connectivity index (χ4v) is 2.79. The number of nitrogens with two attached hydrogens (primary N) is 1. The average Bonchev–Trinajstić information content (AvgIpc) is 2.47. The van der Waals surface area contributed by atoms with Crippen LogP contribution >= 0.6 is 0 Å². The van der Waals surface area contributed by atoms with Gasteiger partial charge in [0.2, 0.25) is 0 Å². The summed E-state index contributed by atoms with van der Waals surface area (Å²) in [6, 6.07) is 10.3. The number of benzene rings is 2. The van der Waals surface area contributed by atoms with E-state index in [2.05, 4.69) is 0 Å². The first kappa shape index (κ1) is 13.0. The molecule has 3 rings (SSSR count). The van der Waals surface area contributed by atoms with Crippen LogP contribution in [-0.4, -0.2) is 0 Å². The Morgan fingerprint density at radius 3 is 2.65 bits per heavy atom. The zero-order chi connectivity index (χ0) is 13.9. The van der Waals surface area contributed by atoms with E-state index in [1.165, 1.54) is 36.1 Å². The quantitative estimate of drug-likeness (QED) is 0.860. The van der Waals surface area contributed by atoms with Gasteiger partial charge in [-0.1, -0.05) is 12.1 Å². The van der Waals surface area contributed by atoms with Crippen molar-refractivity contribution in [2.75, 3.05) is 5.73 Å². The SMILES string of the molecule is Nc1ccc(OCc2cccc(F)c2)c2c1CCCC2. The maximum absolute atomic E-state index is 13.1. The van der Waals surface area contributed by atoms with Gasteiger partial charge in [-0.15, -0.1) is 0 Å². The number of fused-ring (bicyclic) bond motifs is 1. The number of anilines is 1. The molecule has 0 bridgehead atoms. The van der Waals surface area contributed by atoms with Gasteiger partial charge in [-0.25, -0.2) is 4.39 Å². The number of rotatable bonds is 3. The van der Waals surface area contributed by atoms with Crippen LogP contribution in [0.1, 0.15) is 29.5 Å². The minimum absolute atomic E-state index is 0.231. The topological polar surface area (TPSA) is 35.2 Å². The van der Waals surface area contributed by atoms with Gasteiger partial charge in [0, 0.05) is 5.69 Å². The van der Waals surface area contributed by atoms with Gasteiger partial charge in [-0.3, -0.25) is 0 Å². The monoisotopic (exact) mass is 271 g/mol. The molecule has 1 aliphatic rings. The second-order valence-corrected chi connectivity index (χ2v) is 5.24. The molecule has 2 nitrogen and oxygen atoms in total. The summed E-state index contributed by atoms with van der Waals surface area (Å²) in [7, 11) is 0. The fourth-order valence-electron chi connectivity index (χ4n) is 2.79. The van der Waals surface area contributed by atoms with Gasteiger partial charge >= 0.3 is 0 Å². The van der Waals surface area contributed by atoms with E-state index < -0.39 is 0 Å². The standard InChI is InChI=1S/C17H18FNO/c18-13-5-3-4-12(10-13)11-20-17-9-8-16(19)14-6-1-2-7-15(14)17/h3-5,8-10H,1-2,6-7,11,19H2. The van der Waals surface area contributed by atoms with Crippen LogP contribution in [-0.2, 0) is 19.4 Å². The molecule has 0 spiro atoms. The smallest absolute Gasteiger partial charge is 0.123 e. The first-order valence-electron chi connectivity index (χ1n) is 7.01. The lowest BCUT2D eigenvalue weighted by atomic mass is 9.90. The molecular formula is C17H18FNO. The number of ether oxygens (including phenoxy) is 1. The van der Waals surface area contributed by atoms with E-state index in [9.17, 15) is 4.39 Å². The number of halogens is 1. The molecule has 20 heavy (non-hydrogen) atoms. The Balaban J connectivity index is 1.81. The molecule has 2 aromatic rings. The minimum atomic E-state index is -0.231. The van der Waals surface area contributed by atoms with Gasteiger partial charge in [-0.05, 0) is 66.6 Å². The maximum Gasteiger partial charge on any atom is 0.123 e. The molecular weight excluding hydrogens is 253 g/mol. The van der Waals surface area contributed by atoms with Crippen molar-refractivity contribution in [2.45, 2.75) is 32.3 Å². The van der Waals surface area contributed by atoms with Crippen molar-refractivity contribution in [2.24, 2.45) is 0 Å². The highest BCUT2D eigenvalue weighted by atomic mass is 19.1. The largest absolute Gasteiger partial charge is 0.489 e. The van der Waals surface area contributed by atoms with Crippen molar-refractivity contribution < 1.29 is 9.13 Å². The maximum atomic E-state index is 13.1. The molecule has 0 saturated carbocycles. The van der Waals surface area contributed by atoms with Crippen molar-refractivity contribution in [1.82, 2.24) is 0 Å². The summed E-state index contributed by atoms with van der Waals surface area (Å²) in [4.78, 5) is 0. The van der Waals surface area contributed by atoms with Crippen LogP contribution in [0.5, 0.6) is 5.75 Å². The van der Waals surface area contributed by atoms with E-state index >= 15 is 0 Å². The van der Waals surface area contributed by atoms with Gasteiger partial charge in [-0.2, -0.15) is 0 Å². The molecule has 0 aliphatic heterocycles. The van der Waals surface area contributed by atoms with Crippen molar-refractivity contribution in [1.29, 1.82) is 0 Å². The Bertz CT molecular complexity index is 624. The van der Waals surface area contributed by atoms with Crippen molar-refractivity contribution >= 4 is 5.69 Å². The lowest BCUT2D eigenvalue weighted by Gasteiger charge is -2.21. The molecule has 0 radical (unpaired) electrons. The van der Waals surface area contributed by atoms with Crippen molar-refractivity contribution in [3.05, 3.63) is 58.9 Å². The minimum Gasteiger partial charge on any atom is -0.489 e. The lowest BCUT2D eigenvalue weighted by Crippen LogP contribution is -2.09. The fraction of sp³-hybridized carbons (Fsp3) is 0.294. The highest BCUT2D eigenvalue weighted by Gasteiger charge is 2.16. The molecule has 0 unspecified atom stereocenters. The van der Waals surface area contributed by atoms with Crippen LogP contribution in [0.25, 0.3) is 0 Å². The van der Waals surface area contributed by atoms with Crippen LogP contribution in [0.3, 0.4) is 0 Å². The predicted octanol–water partition coefficient (Wildman–Crippen LogP) is 3.87. The second kappa shape index (κ2) is 5.53. The second-order valence-electron chi connectivity index (χ2n) is 5.24.